The molecule has 1 aromatic heterocycles. The maximum Gasteiger partial charge on any atom is 0.254 e. The summed E-state index contributed by atoms with van der Waals surface area (Å²) in [5.41, 5.74) is 7.59. The Labute approximate surface area is 146 Å². The predicted octanol–water partition coefficient (Wildman–Crippen LogP) is 3.49. The third-order valence-corrected chi connectivity index (χ3v) is 3.74. The highest BCUT2D eigenvalue weighted by Crippen LogP contribution is 2.22. The molecule has 3 aromatic rings. The Morgan fingerprint density at radius 1 is 1.04 bits per heavy atom. The molecule has 1 unspecified atom stereocenters. The van der Waals surface area contributed by atoms with Crippen LogP contribution in [0.1, 0.15) is 28.9 Å². The van der Waals surface area contributed by atoms with E-state index in [4.69, 9.17) is 5.73 Å². The first-order valence-corrected chi connectivity index (χ1v) is 7.94. The molecule has 126 valence electrons. The van der Waals surface area contributed by atoms with Gasteiger partial charge in [0, 0.05) is 11.9 Å². The van der Waals surface area contributed by atoms with Gasteiger partial charge in [-0.25, -0.2) is 4.98 Å². The molecule has 25 heavy (non-hydrogen) atoms. The van der Waals surface area contributed by atoms with E-state index in [1.54, 1.807) is 0 Å². The molecule has 0 saturated heterocycles. The summed E-state index contributed by atoms with van der Waals surface area (Å²) in [4.78, 5) is 20.3. The molecule has 0 aliphatic carbocycles. The molecule has 4 N–H and O–H groups in total. The molecular weight excluding hydrogens is 314 g/mol. The molecule has 2 aromatic carbocycles. The SMILES string of the molecule is CC(Nc1ncc(C(N)=O)c(Nc2ccccc2)n1)c1ccccc1. The highest BCUT2D eigenvalue weighted by Gasteiger charge is 2.14. The number of aromatic nitrogens is 2. The summed E-state index contributed by atoms with van der Waals surface area (Å²) < 4.78 is 0. The lowest BCUT2D eigenvalue weighted by Gasteiger charge is -2.16. The number of carbonyl (C=O) groups is 1. The number of hydrogen-bond acceptors (Lipinski definition) is 5. The van der Waals surface area contributed by atoms with Crippen LogP contribution >= 0.6 is 0 Å². The van der Waals surface area contributed by atoms with E-state index >= 15 is 0 Å². The van der Waals surface area contributed by atoms with Crippen molar-refractivity contribution in [2.24, 2.45) is 5.73 Å². The van der Waals surface area contributed by atoms with Crippen molar-refractivity contribution >= 4 is 23.4 Å². The Kier molecular flexibility index (Phi) is 4.89. The molecule has 3 rings (SSSR count). The van der Waals surface area contributed by atoms with E-state index in [1.807, 2.05) is 67.6 Å². The Morgan fingerprint density at radius 2 is 1.68 bits per heavy atom. The summed E-state index contributed by atoms with van der Waals surface area (Å²) in [5, 5.41) is 6.35. The standard InChI is InChI=1S/C19H19N5O/c1-13(14-8-4-2-5-9-14)22-19-21-12-16(17(20)25)18(24-19)23-15-10-6-3-7-11-15/h2-13H,1H3,(H2,20,25)(H2,21,22,23,24). The van der Waals surface area contributed by atoms with Gasteiger partial charge < -0.3 is 16.4 Å². The number of nitrogens with one attached hydrogen (secondary N) is 2. The molecule has 6 heteroatoms. The minimum Gasteiger partial charge on any atom is -0.365 e. The van der Waals surface area contributed by atoms with Gasteiger partial charge in [0.2, 0.25) is 5.95 Å². The monoisotopic (exact) mass is 333 g/mol. The number of para-hydroxylation sites is 1. The number of nitrogens with zero attached hydrogens (tertiary/aromatic N) is 2. The van der Waals surface area contributed by atoms with Crippen molar-refractivity contribution in [1.82, 2.24) is 9.97 Å². The fourth-order valence-corrected chi connectivity index (χ4v) is 2.40. The topological polar surface area (TPSA) is 92.9 Å². The normalized spacial score (nSPS) is 11.6. The van der Waals surface area contributed by atoms with Gasteiger partial charge in [0.1, 0.15) is 11.4 Å². The van der Waals surface area contributed by atoms with Crippen LogP contribution in [-0.4, -0.2) is 15.9 Å². The lowest BCUT2D eigenvalue weighted by molar-refractivity contribution is 0.100. The zero-order valence-electron chi connectivity index (χ0n) is 13.8. The van der Waals surface area contributed by atoms with E-state index in [0.717, 1.165) is 11.3 Å². The van der Waals surface area contributed by atoms with Gasteiger partial charge in [-0.15, -0.1) is 0 Å². The smallest absolute Gasteiger partial charge is 0.254 e. The number of nitrogens with two attached hydrogens (primary N) is 1. The van der Waals surface area contributed by atoms with Gasteiger partial charge in [-0.2, -0.15) is 4.98 Å². The molecule has 0 spiro atoms. The maximum absolute atomic E-state index is 11.6. The highest BCUT2D eigenvalue weighted by atomic mass is 16.1. The van der Waals surface area contributed by atoms with E-state index in [0.29, 0.717) is 11.8 Å². The molecule has 6 nitrogen and oxygen atoms in total. The Hall–Kier alpha value is -3.41. The second-order valence-corrected chi connectivity index (χ2v) is 5.59. The number of anilines is 3. The van der Waals surface area contributed by atoms with Crippen molar-refractivity contribution in [3.8, 4) is 0 Å². The Bertz CT molecular complexity index is 852. The second-order valence-electron chi connectivity index (χ2n) is 5.59. The van der Waals surface area contributed by atoms with Crippen molar-refractivity contribution in [2.75, 3.05) is 10.6 Å². The predicted molar refractivity (Wildman–Crippen MR) is 98.8 cm³/mol. The fraction of sp³-hybridized carbons (Fsp3) is 0.105. The summed E-state index contributed by atoms with van der Waals surface area (Å²) in [7, 11) is 0. The van der Waals surface area contributed by atoms with Crippen molar-refractivity contribution in [3.63, 3.8) is 0 Å². The highest BCUT2D eigenvalue weighted by molar-refractivity contribution is 5.98. The van der Waals surface area contributed by atoms with Crippen LogP contribution < -0.4 is 16.4 Å². The average molecular weight is 333 g/mol. The van der Waals surface area contributed by atoms with Crippen molar-refractivity contribution < 1.29 is 4.79 Å². The molecular formula is C19H19N5O. The van der Waals surface area contributed by atoms with Gasteiger partial charge in [0.05, 0.1) is 6.04 Å². The lowest BCUT2D eigenvalue weighted by atomic mass is 10.1. The van der Waals surface area contributed by atoms with Gasteiger partial charge in [-0.3, -0.25) is 4.79 Å². The van der Waals surface area contributed by atoms with Crippen LogP contribution in [0.2, 0.25) is 0 Å². The quantitative estimate of drug-likeness (QED) is 0.642. The zero-order valence-corrected chi connectivity index (χ0v) is 13.8. The molecule has 0 bridgehead atoms. The molecule has 0 aliphatic rings. The Balaban J connectivity index is 1.86. The minimum atomic E-state index is -0.582. The fourth-order valence-electron chi connectivity index (χ4n) is 2.40. The van der Waals surface area contributed by atoms with Crippen LogP contribution in [0.15, 0.2) is 66.9 Å². The van der Waals surface area contributed by atoms with Crippen molar-refractivity contribution in [2.45, 2.75) is 13.0 Å². The third-order valence-electron chi connectivity index (χ3n) is 3.74. The lowest BCUT2D eigenvalue weighted by Crippen LogP contribution is -2.17. The summed E-state index contributed by atoms with van der Waals surface area (Å²) >= 11 is 0. The second kappa shape index (κ2) is 7.44. The van der Waals surface area contributed by atoms with Crippen molar-refractivity contribution in [1.29, 1.82) is 0 Å². The first kappa shape index (κ1) is 16.4. The largest absolute Gasteiger partial charge is 0.365 e. The number of primary amides is 1. The first-order chi connectivity index (χ1) is 12.1. The molecule has 1 amide bonds. The van der Waals surface area contributed by atoms with Crippen LogP contribution in [0.4, 0.5) is 17.5 Å². The molecule has 1 heterocycles. The van der Waals surface area contributed by atoms with Gasteiger partial charge >= 0.3 is 0 Å². The average Bonchev–Trinajstić information content (AvgIpc) is 2.63. The molecule has 0 fully saturated rings. The summed E-state index contributed by atoms with van der Waals surface area (Å²) in [5.74, 6) is 0.206. The molecule has 0 radical (unpaired) electrons. The molecule has 0 saturated carbocycles. The first-order valence-electron chi connectivity index (χ1n) is 7.94. The zero-order chi connectivity index (χ0) is 17.6. The van der Waals surface area contributed by atoms with Gasteiger partial charge in [0.15, 0.2) is 0 Å². The van der Waals surface area contributed by atoms with Crippen LogP contribution in [0.25, 0.3) is 0 Å². The number of amides is 1. The van der Waals surface area contributed by atoms with Gasteiger partial charge in [-0.05, 0) is 24.6 Å². The van der Waals surface area contributed by atoms with Crippen LogP contribution in [0, 0.1) is 0 Å². The summed E-state index contributed by atoms with van der Waals surface area (Å²) in [6.07, 6.45) is 1.43. The van der Waals surface area contributed by atoms with Crippen LogP contribution in [0.3, 0.4) is 0 Å². The van der Waals surface area contributed by atoms with E-state index in [2.05, 4.69) is 20.6 Å². The van der Waals surface area contributed by atoms with Gasteiger partial charge in [0.25, 0.3) is 5.91 Å². The van der Waals surface area contributed by atoms with E-state index < -0.39 is 5.91 Å². The van der Waals surface area contributed by atoms with Crippen LogP contribution in [-0.2, 0) is 0 Å². The van der Waals surface area contributed by atoms with Gasteiger partial charge in [-0.1, -0.05) is 48.5 Å². The molecule has 1 atom stereocenters. The number of benzene rings is 2. The van der Waals surface area contributed by atoms with E-state index in [9.17, 15) is 4.79 Å². The van der Waals surface area contributed by atoms with E-state index in [1.165, 1.54) is 6.20 Å². The van der Waals surface area contributed by atoms with Crippen LogP contribution in [0.5, 0.6) is 0 Å². The minimum absolute atomic E-state index is 0.0187. The molecule has 0 aliphatic heterocycles. The number of hydrogen-bond donors (Lipinski definition) is 3. The van der Waals surface area contributed by atoms with E-state index in [-0.39, 0.29) is 11.6 Å². The number of rotatable bonds is 6. The number of carbonyl (C=O) groups excluding carboxylic acids is 1. The Morgan fingerprint density at radius 3 is 2.32 bits per heavy atom. The third kappa shape index (κ3) is 4.11. The maximum atomic E-state index is 11.6. The summed E-state index contributed by atoms with van der Waals surface area (Å²) in [6, 6.07) is 19.5. The summed E-state index contributed by atoms with van der Waals surface area (Å²) in [6.45, 7) is 2.02. The van der Waals surface area contributed by atoms with Crippen molar-refractivity contribution in [3.05, 3.63) is 78.0 Å².